The Bertz CT molecular complexity index is 1970. The van der Waals surface area contributed by atoms with Gasteiger partial charge in [0.2, 0.25) is 0 Å². The molecule has 3 aromatic carbocycles. The van der Waals surface area contributed by atoms with E-state index >= 15 is 0 Å². The van der Waals surface area contributed by atoms with Gasteiger partial charge in [0.15, 0.2) is 0 Å². The van der Waals surface area contributed by atoms with Crippen molar-refractivity contribution in [1.29, 1.82) is 15.8 Å². The second-order valence-corrected chi connectivity index (χ2v) is 11.2. The molecule has 2 N–H and O–H groups in total. The van der Waals surface area contributed by atoms with Crippen LogP contribution in [0.5, 0.6) is 0 Å². The normalized spacial score (nSPS) is 14.5. The van der Waals surface area contributed by atoms with Crippen molar-refractivity contribution < 1.29 is 0 Å². The second-order valence-electron chi connectivity index (χ2n) is 10.8. The highest BCUT2D eigenvalue weighted by Gasteiger charge is 2.34. The summed E-state index contributed by atoms with van der Waals surface area (Å²) in [5.41, 5.74) is 3.04. The summed E-state index contributed by atoms with van der Waals surface area (Å²) in [4.78, 5) is 4.49. The van der Waals surface area contributed by atoms with E-state index in [0.29, 0.717) is 68.6 Å². The Hall–Kier alpha value is -5.37. The van der Waals surface area contributed by atoms with Crippen LogP contribution in [0.15, 0.2) is 79.1 Å². The molecule has 0 spiro atoms. The molecule has 0 bridgehead atoms. The van der Waals surface area contributed by atoms with Crippen LogP contribution < -0.4 is 10.6 Å². The van der Waals surface area contributed by atoms with Crippen molar-refractivity contribution in [3.63, 3.8) is 0 Å². The van der Waals surface area contributed by atoms with Gasteiger partial charge < -0.3 is 10.6 Å². The molecule has 6 rings (SSSR count). The van der Waals surface area contributed by atoms with Gasteiger partial charge in [-0.2, -0.15) is 15.8 Å². The van der Waals surface area contributed by atoms with Gasteiger partial charge in [-0.15, -0.1) is 5.10 Å². The lowest BCUT2D eigenvalue weighted by atomic mass is 9.69. The average molecular weight is 594 g/mol. The highest BCUT2D eigenvalue weighted by molar-refractivity contribution is 6.36. The molecule has 212 valence electrons. The summed E-state index contributed by atoms with van der Waals surface area (Å²) in [5, 5.41) is 45.6. The Labute approximate surface area is 261 Å². The molecular weight excluding hydrogens is 569 g/mol. The molecule has 0 aliphatic heterocycles. The molecule has 2 heterocycles. The number of aromatic nitrogens is 4. The summed E-state index contributed by atoms with van der Waals surface area (Å²) in [5.74, 6) is 0. The number of nitrogens with one attached hydrogen (secondary N) is 2. The average Bonchev–Trinajstić information content (AvgIpc) is 3.78. The predicted octanol–water partition coefficient (Wildman–Crippen LogP) is 6.50. The zero-order chi connectivity index (χ0) is 30.7. The first kappa shape index (κ1) is 28.7. The number of anilines is 2. The van der Waals surface area contributed by atoms with Crippen molar-refractivity contribution in [3.8, 4) is 18.2 Å². The molecule has 2 atom stereocenters. The molecule has 2 aromatic heterocycles. The van der Waals surface area contributed by atoms with Crippen LogP contribution in [0.3, 0.4) is 0 Å². The lowest BCUT2D eigenvalue weighted by Crippen LogP contribution is -2.38. The van der Waals surface area contributed by atoms with E-state index < -0.39 is 5.44 Å². The fourth-order valence-electron chi connectivity index (χ4n) is 5.28. The van der Waals surface area contributed by atoms with Crippen molar-refractivity contribution >= 4 is 41.7 Å². The molecule has 0 saturated heterocycles. The molecule has 1 fully saturated rings. The van der Waals surface area contributed by atoms with Gasteiger partial charge in [0.1, 0.15) is 19.6 Å². The first-order valence-electron chi connectivity index (χ1n) is 14.1. The maximum Gasteiger partial charge on any atom is 0.119 e. The van der Waals surface area contributed by atoms with Crippen LogP contribution in [-0.4, -0.2) is 27.8 Å². The van der Waals surface area contributed by atoms with Crippen LogP contribution in [0.25, 0.3) is 10.9 Å². The van der Waals surface area contributed by atoms with Crippen LogP contribution >= 0.6 is 11.6 Å². The Morgan fingerprint density at radius 3 is 2.59 bits per heavy atom. The lowest BCUT2D eigenvalue weighted by Gasteiger charge is -2.32. The van der Waals surface area contributed by atoms with Gasteiger partial charge in [-0.1, -0.05) is 59.3 Å². The molecule has 1 aliphatic carbocycles. The molecule has 5 aromatic rings. The minimum Gasteiger partial charge on any atom is -0.378 e. The Kier molecular flexibility index (Phi) is 7.90. The van der Waals surface area contributed by atoms with E-state index in [2.05, 4.69) is 44.1 Å². The molecule has 1 unspecified atom stereocenters. The molecule has 0 amide bonds. The first-order chi connectivity index (χ1) is 21.4. The standard InChI is InChI=1S/C33H25BClN9/c34-33(24-9-4-6-21(14-24)17-37,30-20-44(43-42-30)26-11-12-26)41-25-15-27-31(23(18-38)19-39-32(27)28(35)16-25)40-29(10-5-13-36)22-7-2-1-3-8-22/h1-4,6-9,14-16,19-20,26,29,41H,5,10-12H2,(H,39,40)/t29-,33?/m1/s1. The van der Waals surface area contributed by atoms with Gasteiger partial charge in [0.05, 0.1) is 63.2 Å². The number of nitriles is 3. The summed E-state index contributed by atoms with van der Waals surface area (Å²) in [7, 11) is 7.14. The van der Waals surface area contributed by atoms with Crippen LogP contribution in [0.1, 0.15) is 65.7 Å². The summed E-state index contributed by atoms with van der Waals surface area (Å²) < 4.78 is 1.82. The van der Waals surface area contributed by atoms with Gasteiger partial charge >= 0.3 is 0 Å². The van der Waals surface area contributed by atoms with Crippen LogP contribution in [0, 0.1) is 34.0 Å². The van der Waals surface area contributed by atoms with E-state index in [1.807, 2.05) is 53.3 Å². The minimum atomic E-state index is -1.38. The van der Waals surface area contributed by atoms with E-state index in [1.165, 1.54) is 6.20 Å². The zero-order valence-electron chi connectivity index (χ0n) is 23.6. The summed E-state index contributed by atoms with van der Waals surface area (Å²) >= 11 is 6.82. The second kappa shape index (κ2) is 12.1. The van der Waals surface area contributed by atoms with Crippen LogP contribution in [-0.2, 0) is 5.44 Å². The highest BCUT2D eigenvalue weighted by atomic mass is 35.5. The SMILES string of the molecule is [B]C(Nc1cc(Cl)c2ncc(C#N)c(N[C@H](CCC#N)c3ccccc3)c2c1)(c1cccc(C#N)c1)c1cn(C2CC2)nn1. The van der Waals surface area contributed by atoms with E-state index in [-0.39, 0.29) is 6.04 Å². The molecule has 2 radical (unpaired) electrons. The fraction of sp³-hybridized carbons (Fsp3) is 0.212. The third-order valence-corrected chi connectivity index (χ3v) is 8.02. The van der Waals surface area contributed by atoms with E-state index in [4.69, 9.17) is 19.4 Å². The Morgan fingerprint density at radius 2 is 1.86 bits per heavy atom. The maximum atomic E-state index is 10.1. The molecule has 9 nitrogen and oxygen atoms in total. The molecular formula is C33H25BClN9. The predicted molar refractivity (Wildman–Crippen MR) is 169 cm³/mol. The highest BCUT2D eigenvalue weighted by Crippen LogP contribution is 2.39. The summed E-state index contributed by atoms with van der Waals surface area (Å²) in [6, 6.07) is 27.0. The minimum absolute atomic E-state index is 0.247. The van der Waals surface area contributed by atoms with Crippen LogP contribution in [0.2, 0.25) is 5.02 Å². The monoisotopic (exact) mass is 593 g/mol. The van der Waals surface area contributed by atoms with Gasteiger partial charge in [-0.25, -0.2) is 4.68 Å². The Balaban J connectivity index is 1.47. The number of hydrogen-bond donors (Lipinski definition) is 2. The summed E-state index contributed by atoms with van der Waals surface area (Å²) in [6.07, 6.45) is 6.23. The topological polar surface area (TPSA) is 139 Å². The van der Waals surface area contributed by atoms with E-state index in [1.54, 1.807) is 24.3 Å². The van der Waals surface area contributed by atoms with Gasteiger partial charge in [-0.05, 0) is 54.7 Å². The van der Waals surface area contributed by atoms with Crippen molar-refractivity contribution in [2.24, 2.45) is 0 Å². The number of fused-ring (bicyclic) bond motifs is 1. The van der Waals surface area contributed by atoms with Crippen molar-refractivity contribution in [2.75, 3.05) is 10.6 Å². The van der Waals surface area contributed by atoms with Gasteiger partial charge in [0.25, 0.3) is 0 Å². The lowest BCUT2D eigenvalue weighted by molar-refractivity contribution is 0.610. The van der Waals surface area contributed by atoms with Crippen molar-refractivity contribution in [3.05, 3.63) is 112 Å². The number of hydrogen-bond acceptors (Lipinski definition) is 8. The smallest absolute Gasteiger partial charge is 0.119 e. The maximum absolute atomic E-state index is 10.1. The summed E-state index contributed by atoms with van der Waals surface area (Å²) in [6.45, 7) is 0. The fourth-order valence-corrected chi connectivity index (χ4v) is 5.55. The third kappa shape index (κ3) is 5.66. The number of nitrogens with zero attached hydrogens (tertiary/aromatic N) is 7. The number of benzene rings is 3. The Morgan fingerprint density at radius 1 is 1.05 bits per heavy atom. The largest absolute Gasteiger partial charge is 0.378 e. The van der Waals surface area contributed by atoms with Crippen LogP contribution in [0.4, 0.5) is 11.4 Å². The molecule has 44 heavy (non-hydrogen) atoms. The van der Waals surface area contributed by atoms with Crippen molar-refractivity contribution in [1.82, 2.24) is 20.0 Å². The van der Waals surface area contributed by atoms with Gasteiger partial charge in [0, 0.05) is 23.7 Å². The van der Waals surface area contributed by atoms with E-state index in [0.717, 1.165) is 18.4 Å². The molecule has 11 heteroatoms. The van der Waals surface area contributed by atoms with Crippen molar-refractivity contribution in [2.45, 2.75) is 43.2 Å². The molecule has 1 aliphatic rings. The molecule has 1 saturated carbocycles. The third-order valence-electron chi connectivity index (χ3n) is 7.73. The number of halogens is 1. The zero-order valence-corrected chi connectivity index (χ0v) is 24.3. The van der Waals surface area contributed by atoms with Gasteiger partial charge in [-0.3, -0.25) is 4.98 Å². The number of pyridine rings is 1. The van der Waals surface area contributed by atoms with E-state index in [9.17, 15) is 15.8 Å². The number of rotatable bonds is 10. The quantitative estimate of drug-likeness (QED) is 0.175. The first-order valence-corrected chi connectivity index (χ1v) is 14.5.